The van der Waals surface area contributed by atoms with E-state index in [1.54, 1.807) is 0 Å². The highest BCUT2D eigenvalue weighted by Gasteiger charge is 2.73. The minimum Gasteiger partial charge on any atom is -0.364 e. The highest BCUT2D eigenvalue weighted by atomic mass is 16.9. The predicted molar refractivity (Wildman–Crippen MR) is 111 cm³/mol. The van der Waals surface area contributed by atoms with Crippen LogP contribution in [0.2, 0.25) is 0 Å². The monoisotopic (exact) mass is 424 g/mol. The molecule has 0 aromatic heterocycles. The van der Waals surface area contributed by atoms with Gasteiger partial charge >= 0.3 is 0 Å². The molecule has 6 nitrogen and oxygen atoms in total. The molecule has 6 atom stereocenters. The van der Waals surface area contributed by atoms with Crippen LogP contribution in [0.15, 0.2) is 60.7 Å². The first-order chi connectivity index (χ1) is 15.0. The number of hydrogen-bond acceptors (Lipinski definition) is 6. The maximum atomic E-state index is 6.74. The van der Waals surface area contributed by atoms with Crippen LogP contribution in [0.25, 0.3) is 0 Å². The van der Waals surface area contributed by atoms with Crippen molar-refractivity contribution in [2.24, 2.45) is 0 Å². The molecule has 0 saturated carbocycles. The van der Waals surface area contributed by atoms with E-state index in [0.717, 1.165) is 12.0 Å². The Kier molecular flexibility index (Phi) is 4.55. The van der Waals surface area contributed by atoms with E-state index in [2.05, 4.69) is 36.4 Å². The SMILES string of the molecule is CC1(C)O[C@H]2O[C@@H]3[C@H]4OC[C@@](Cc5ccccc5)(C[C@]3(OCc3ccccc3)[C@H]2O1)O4. The van der Waals surface area contributed by atoms with Crippen molar-refractivity contribution in [2.75, 3.05) is 6.61 Å². The lowest BCUT2D eigenvalue weighted by atomic mass is 9.76. The number of ether oxygens (including phenoxy) is 6. The molecule has 4 aliphatic rings. The zero-order valence-corrected chi connectivity index (χ0v) is 17.9. The third-order valence-corrected chi connectivity index (χ3v) is 6.74. The van der Waals surface area contributed by atoms with Gasteiger partial charge in [0.15, 0.2) is 18.4 Å². The molecule has 2 aromatic carbocycles. The molecule has 6 rings (SSSR count). The fourth-order valence-electron chi connectivity index (χ4n) is 5.50. The topological polar surface area (TPSA) is 55.4 Å². The maximum absolute atomic E-state index is 6.74. The molecule has 0 amide bonds. The van der Waals surface area contributed by atoms with Crippen molar-refractivity contribution in [2.45, 2.75) is 75.1 Å². The second-order valence-corrected chi connectivity index (χ2v) is 9.53. The van der Waals surface area contributed by atoms with Crippen LogP contribution in [0.4, 0.5) is 0 Å². The Morgan fingerprint density at radius 2 is 1.55 bits per heavy atom. The molecule has 0 radical (unpaired) electrons. The van der Waals surface area contributed by atoms with E-state index >= 15 is 0 Å². The number of hydrogen-bond donors (Lipinski definition) is 0. The van der Waals surface area contributed by atoms with E-state index in [9.17, 15) is 0 Å². The lowest BCUT2D eigenvalue weighted by Gasteiger charge is -2.47. The van der Waals surface area contributed by atoms with Crippen molar-refractivity contribution in [1.82, 2.24) is 0 Å². The van der Waals surface area contributed by atoms with Crippen LogP contribution < -0.4 is 0 Å². The molecule has 0 unspecified atom stereocenters. The predicted octanol–water partition coefficient (Wildman–Crippen LogP) is 3.58. The maximum Gasteiger partial charge on any atom is 0.190 e. The smallest absolute Gasteiger partial charge is 0.190 e. The Balaban J connectivity index is 1.35. The molecule has 31 heavy (non-hydrogen) atoms. The Labute approximate surface area is 182 Å². The van der Waals surface area contributed by atoms with Gasteiger partial charge in [0.05, 0.1) is 13.2 Å². The van der Waals surface area contributed by atoms with Crippen LogP contribution in [0, 0.1) is 0 Å². The number of rotatable bonds is 5. The van der Waals surface area contributed by atoms with Crippen LogP contribution >= 0.6 is 0 Å². The van der Waals surface area contributed by atoms with E-state index in [4.69, 9.17) is 28.4 Å². The standard InChI is InChI=1S/C25H28O6/c1-23(2)29-20-22(30-23)28-19-21-26-16-24(31-21,13-17-9-5-3-6-10-17)15-25(19,20)27-14-18-11-7-4-8-12-18/h3-12,19-22H,13-16H2,1-2H3/t19-,20+,21+,22-,24-,25-/m1/s1. The minimum absolute atomic E-state index is 0.348. The Hall–Kier alpha value is -1.80. The molecule has 0 aliphatic carbocycles. The Bertz CT molecular complexity index is 934. The molecular weight excluding hydrogens is 396 g/mol. The van der Waals surface area contributed by atoms with Crippen molar-refractivity contribution in [1.29, 1.82) is 0 Å². The average molecular weight is 424 g/mol. The minimum atomic E-state index is -0.728. The summed E-state index contributed by atoms with van der Waals surface area (Å²) in [4.78, 5) is 0. The van der Waals surface area contributed by atoms with Crippen LogP contribution in [0.3, 0.4) is 0 Å². The first kappa shape index (κ1) is 19.9. The van der Waals surface area contributed by atoms with Gasteiger partial charge in [-0.3, -0.25) is 0 Å². The van der Waals surface area contributed by atoms with Crippen LogP contribution in [0.5, 0.6) is 0 Å². The molecule has 0 spiro atoms. The summed E-state index contributed by atoms with van der Waals surface area (Å²) < 4.78 is 38.1. The second kappa shape index (κ2) is 7.10. The van der Waals surface area contributed by atoms with Crippen LogP contribution in [-0.4, -0.2) is 48.4 Å². The molecule has 6 heteroatoms. The summed E-state index contributed by atoms with van der Waals surface area (Å²) >= 11 is 0. The van der Waals surface area contributed by atoms with Gasteiger partial charge in [-0.2, -0.15) is 0 Å². The molecule has 164 valence electrons. The molecule has 4 heterocycles. The molecule has 4 fully saturated rings. The molecule has 2 aromatic rings. The van der Waals surface area contributed by atoms with E-state index in [1.165, 1.54) is 5.56 Å². The van der Waals surface area contributed by atoms with Crippen LogP contribution in [-0.2, 0) is 41.4 Å². The third-order valence-electron chi connectivity index (χ3n) is 6.74. The first-order valence-electron chi connectivity index (χ1n) is 11.0. The van der Waals surface area contributed by atoms with E-state index in [-0.39, 0.29) is 6.10 Å². The van der Waals surface area contributed by atoms with Crippen molar-refractivity contribution in [3.8, 4) is 0 Å². The van der Waals surface area contributed by atoms with Gasteiger partial charge in [-0.05, 0) is 25.0 Å². The Morgan fingerprint density at radius 1 is 0.839 bits per heavy atom. The Morgan fingerprint density at radius 3 is 2.29 bits per heavy atom. The highest BCUT2D eigenvalue weighted by molar-refractivity contribution is 5.23. The largest absolute Gasteiger partial charge is 0.364 e. The molecule has 4 saturated heterocycles. The van der Waals surface area contributed by atoms with Gasteiger partial charge in [-0.1, -0.05) is 60.7 Å². The summed E-state index contributed by atoms with van der Waals surface area (Å²) in [5.41, 5.74) is 1.10. The van der Waals surface area contributed by atoms with Crippen molar-refractivity contribution in [3.05, 3.63) is 71.8 Å². The lowest BCUT2D eigenvalue weighted by molar-refractivity contribution is -0.303. The molecular formula is C25H28O6. The molecule has 2 bridgehead atoms. The van der Waals surface area contributed by atoms with Gasteiger partial charge in [-0.25, -0.2) is 0 Å². The van der Waals surface area contributed by atoms with Crippen molar-refractivity contribution in [3.63, 3.8) is 0 Å². The molecule has 0 N–H and O–H groups in total. The number of fused-ring (bicyclic) bond motifs is 6. The quantitative estimate of drug-likeness (QED) is 0.731. The van der Waals surface area contributed by atoms with Gasteiger partial charge in [0.1, 0.15) is 23.4 Å². The van der Waals surface area contributed by atoms with Gasteiger partial charge in [0, 0.05) is 12.8 Å². The zero-order chi connectivity index (χ0) is 21.1. The zero-order valence-electron chi connectivity index (χ0n) is 17.9. The highest BCUT2D eigenvalue weighted by Crippen LogP contribution is 2.56. The van der Waals surface area contributed by atoms with Crippen molar-refractivity contribution >= 4 is 0 Å². The summed E-state index contributed by atoms with van der Waals surface area (Å²) in [7, 11) is 0. The van der Waals surface area contributed by atoms with E-state index in [0.29, 0.717) is 19.6 Å². The second-order valence-electron chi connectivity index (χ2n) is 9.53. The molecule has 4 aliphatic heterocycles. The van der Waals surface area contributed by atoms with E-state index in [1.807, 2.05) is 38.1 Å². The van der Waals surface area contributed by atoms with Crippen molar-refractivity contribution < 1.29 is 28.4 Å². The van der Waals surface area contributed by atoms with Gasteiger partial charge < -0.3 is 28.4 Å². The lowest BCUT2D eigenvalue weighted by Crippen LogP contribution is -2.62. The summed E-state index contributed by atoms with van der Waals surface area (Å²) in [5, 5.41) is 0. The van der Waals surface area contributed by atoms with Gasteiger partial charge in [0.2, 0.25) is 0 Å². The summed E-state index contributed by atoms with van der Waals surface area (Å²) in [5.74, 6) is -0.728. The van der Waals surface area contributed by atoms with Gasteiger partial charge in [0.25, 0.3) is 0 Å². The third kappa shape index (κ3) is 3.33. The van der Waals surface area contributed by atoms with E-state index < -0.39 is 35.7 Å². The summed E-state index contributed by atoms with van der Waals surface area (Å²) in [6.45, 7) is 4.80. The summed E-state index contributed by atoms with van der Waals surface area (Å²) in [6.07, 6.45) is -0.406. The average Bonchev–Trinajstić information content (AvgIpc) is 3.36. The number of benzene rings is 2. The fraction of sp³-hybridized carbons (Fsp3) is 0.520. The normalized spacial score (nSPS) is 39.9. The summed E-state index contributed by atoms with van der Waals surface area (Å²) in [6, 6.07) is 20.6. The van der Waals surface area contributed by atoms with Gasteiger partial charge in [-0.15, -0.1) is 0 Å². The fourth-order valence-corrected chi connectivity index (χ4v) is 5.50. The van der Waals surface area contributed by atoms with Crippen LogP contribution in [0.1, 0.15) is 31.4 Å². The first-order valence-corrected chi connectivity index (χ1v) is 11.0.